The fourth-order valence-corrected chi connectivity index (χ4v) is 3.93. The Morgan fingerprint density at radius 3 is 2.62 bits per heavy atom. The summed E-state index contributed by atoms with van der Waals surface area (Å²) >= 11 is 5.72. The van der Waals surface area contributed by atoms with Gasteiger partial charge >= 0.3 is 5.97 Å². The van der Waals surface area contributed by atoms with Gasteiger partial charge in [0.05, 0.1) is 6.61 Å². The van der Waals surface area contributed by atoms with E-state index in [1.807, 2.05) is 37.3 Å². The highest BCUT2D eigenvalue weighted by Gasteiger charge is 2.28. The van der Waals surface area contributed by atoms with E-state index in [4.69, 9.17) is 17.0 Å². The molecule has 5 heteroatoms. The summed E-state index contributed by atoms with van der Waals surface area (Å²) in [6.45, 7) is 4.27. The molecule has 1 aromatic rings. The van der Waals surface area contributed by atoms with Crippen molar-refractivity contribution < 1.29 is 9.53 Å². The number of esters is 1. The molecule has 1 aliphatic carbocycles. The van der Waals surface area contributed by atoms with E-state index in [0.717, 1.165) is 53.5 Å². The molecule has 0 atom stereocenters. The monoisotopic (exact) mass is 370 g/mol. The molecule has 0 amide bonds. The van der Waals surface area contributed by atoms with Crippen molar-refractivity contribution in [3.63, 3.8) is 0 Å². The SMILES string of the molecule is CCOC(=O)C=C1CCC(C(=S)Nc2ccccc2)=C1N1CCCCC1. The average Bonchev–Trinajstić information content (AvgIpc) is 3.07. The van der Waals surface area contributed by atoms with Crippen LogP contribution in [0.4, 0.5) is 5.69 Å². The van der Waals surface area contributed by atoms with Gasteiger partial charge in [-0.2, -0.15) is 0 Å². The van der Waals surface area contributed by atoms with Crippen LogP contribution in [0.2, 0.25) is 0 Å². The number of benzene rings is 1. The van der Waals surface area contributed by atoms with Crippen molar-refractivity contribution in [2.45, 2.75) is 39.0 Å². The molecule has 1 fully saturated rings. The van der Waals surface area contributed by atoms with Crippen molar-refractivity contribution in [1.29, 1.82) is 0 Å². The number of nitrogens with one attached hydrogen (secondary N) is 1. The zero-order chi connectivity index (χ0) is 18.4. The van der Waals surface area contributed by atoms with Crippen molar-refractivity contribution in [3.05, 3.63) is 53.3 Å². The smallest absolute Gasteiger partial charge is 0.331 e. The van der Waals surface area contributed by atoms with Gasteiger partial charge in [0.1, 0.15) is 4.99 Å². The van der Waals surface area contributed by atoms with Gasteiger partial charge in [-0.25, -0.2) is 4.79 Å². The standard InChI is InChI=1S/C21H26N2O2S/c1-2-25-19(24)15-16-11-12-18(20(16)23-13-7-4-8-14-23)21(26)22-17-9-5-3-6-10-17/h3,5-6,9-10,15H,2,4,7-8,11-14H2,1H3,(H,22,26). The van der Waals surface area contributed by atoms with E-state index in [9.17, 15) is 4.79 Å². The molecule has 3 rings (SSSR count). The minimum Gasteiger partial charge on any atom is -0.463 e. The van der Waals surface area contributed by atoms with Gasteiger partial charge < -0.3 is 15.0 Å². The summed E-state index contributed by atoms with van der Waals surface area (Å²) in [5.41, 5.74) is 4.33. The molecule has 1 saturated heterocycles. The molecule has 0 unspecified atom stereocenters. The number of nitrogens with zero attached hydrogens (tertiary/aromatic N) is 1. The first-order valence-electron chi connectivity index (χ1n) is 9.41. The summed E-state index contributed by atoms with van der Waals surface area (Å²) in [7, 11) is 0. The average molecular weight is 371 g/mol. The quantitative estimate of drug-likeness (QED) is 0.471. The predicted molar refractivity (Wildman–Crippen MR) is 109 cm³/mol. The number of hydrogen-bond donors (Lipinski definition) is 1. The fourth-order valence-electron chi connectivity index (χ4n) is 3.62. The second-order valence-corrected chi connectivity index (χ2v) is 7.02. The summed E-state index contributed by atoms with van der Waals surface area (Å²) in [5, 5.41) is 3.36. The Balaban J connectivity index is 1.88. The normalized spacial score (nSPS) is 19.0. The third kappa shape index (κ3) is 4.52. The molecule has 26 heavy (non-hydrogen) atoms. The molecule has 1 heterocycles. The van der Waals surface area contributed by atoms with Crippen molar-refractivity contribution in [1.82, 2.24) is 4.90 Å². The number of carbonyl (C=O) groups excluding carboxylic acids is 1. The number of piperidine rings is 1. The molecule has 0 bridgehead atoms. The minimum atomic E-state index is -0.264. The Hall–Kier alpha value is -2.14. The zero-order valence-corrected chi connectivity index (χ0v) is 16.1. The second kappa shape index (κ2) is 8.99. The molecule has 0 aromatic heterocycles. The molecule has 0 saturated carbocycles. The minimum absolute atomic E-state index is 0.264. The molecular formula is C21H26N2O2S. The van der Waals surface area contributed by atoms with Crippen LogP contribution < -0.4 is 5.32 Å². The first kappa shape index (κ1) is 18.6. The number of para-hydroxylation sites is 1. The van der Waals surface area contributed by atoms with Crippen LogP contribution in [0, 0.1) is 0 Å². The van der Waals surface area contributed by atoms with E-state index < -0.39 is 0 Å². The van der Waals surface area contributed by atoms with Crippen LogP contribution in [0.1, 0.15) is 39.0 Å². The number of likely N-dealkylation sites (tertiary alicyclic amines) is 1. The van der Waals surface area contributed by atoms with Crippen LogP contribution in [0.5, 0.6) is 0 Å². The third-order valence-corrected chi connectivity index (χ3v) is 5.14. The lowest BCUT2D eigenvalue weighted by Crippen LogP contribution is -2.31. The van der Waals surface area contributed by atoms with E-state index >= 15 is 0 Å². The molecule has 1 N–H and O–H groups in total. The van der Waals surface area contributed by atoms with Crippen molar-refractivity contribution in [2.75, 3.05) is 25.0 Å². The first-order chi connectivity index (χ1) is 12.7. The zero-order valence-electron chi connectivity index (χ0n) is 15.3. The predicted octanol–water partition coefficient (Wildman–Crippen LogP) is 4.45. The van der Waals surface area contributed by atoms with Crippen LogP contribution in [0.3, 0.4) is 0 Å². The lowest BCUT2D eigenvalue weighted by molar-refractivity contribution is -0.137. The van der Waals surface area contributed by atoms with Gasteiger partial charge in [0.25, 0.3) is 0 Å². The largest absolute Gasteiger partial charge is 0.463 e. The molecular weight excluding hydrogens is 344 g/mol. The van der Waals surface area contributed by atoms with E-state index in [0.29, 0.717) is 6.61 Å². The Kier molecular flexibility index (Phi) is 6.45. The number of allylic oxidation sites excluding steroid dienone is 1. The number of anilines is 1. The highest BCUT2D eigenvalue weighted by Crippen LogP contribution is 2.36. The van der Waals surface area contributed by atoms with Gasteiger partial charge in [-0.05, 0) is 56.7 Å². The van der Waals surface area contributed by atoms with Crippen LogP contribution >= 0.6 is 12.2 Å². The number of hydrogen-bond acceptors (Lipinski definition) is 4. The molecule has 4 nitrogen and oxygen atoms in total. The molecule has 138 valence electrons. The number of rotatable bonds is 5. The van der Waals surface area contributed by atoms with Crippen molar-refractivity contribution in [3.8, 4) is 0 Å². The number of thiocarbonyl (C=S) groups is 1. The lowest BCUT2D eigenvalue weighted by atomic mass is 10.1. The Bertz CT molecular complexity index is 719. The topological polar surface area (TPSA) is 41.6 Å². The molecule has 0 spiro atoms. The van der Waals surface area contributed by atoms with Gasteiger partial charge in [0, 0.05) is 36.1 Å². The van der Waals surface area contributed by atoms with Gasteiger partial charge in [0.15, 0.2) is 0 Å². The lowest BCUT2D eigenvalue weighted by Gasteiger charge is -2.32. The maximum absolute atomic E-state index is 12.0. The van der Waals surface area contributed by atoms with E-state index in [1.165, 1.54) is 19.3 Å². The van der Waals surface area contributed by atoms with Crippen LogP contribution in [0.25, 0.3) is 0 Å². The molecule has 1 aromatic carbocycles. The number of ether oxygens (including phenoxy) is 1. The summed E-state index contributed by atoms with van der Waals surface area (Å²) in [6, 6.07) is 10.00. The Labute approximate surface area is 160 Å². The van der Waals surface area contributed by atoms with E-state index in [-0.39, 0.29) is 5.97 Å². The Morgan fingerprint density at radius 1 is 1.19 bits per heavy atom. The highest BCUT2D eigenvalue weighted by atomic mass is 32.1. The van der Waals surface area contributed by atoms with Crippen molar-refractivity contribution >= 4 is 28.9 Å². The summed E-state index contributed by atoms with van der Waals surface area (Å²) in [4.78, 5) is 15.2. The molecule has 0 radical (unpaired) electrons. The van der Waals surface area contributed by atoms with Crippen molar-refractivity contribution in [2.24, 2.45) is 0 Å². The van der Waals surface area contributed by atoms with Crippen LogP contribution in [0.15, 0.2) is 53.3 Å². The summed E-state index contributed by atoms with van der Waals surface area (Å²) in [6.07, 6.45) is 6.98. The third-order valence-electron chi connectivity index (χ3n) is 4.79. The Morgan fingerprint density at radius 2 is 1.92 bits per heavy atom. The van der Waals surface area contributed by atoms with E-state index in [1.54, 1.807) is 6.08 Å². The number of carbonyl (C=O) groups is 1. The highest BCUT2D eigenvalue weighted by molar-refractivity contribution is 7.81. The summed E-state index contributed by atoms with van der Waals surface area (Å²) < 4.78 is 5.13. The maximum Gasteiger partial charge on any atom is 0.331 e. The summed E-state index contributed by atoms with van der Waals surface area (Å²) in [5.74, 6) is -0.264. The van der Waals surface area contributed by atoms with Gasteiger partial charge in [-0.15, -0.1) is 0 Å². The maximum atomic E-state index is 12.0. The van der Waals surface area contributed by atoms with E-state index in [2.05, 4.69) is 10.2 Å². The fraction of sp³-hybridized carbons (Fsp3) is 0.429. The van der Waals surface area contributed by atoms with Crippen LogP contribution in [-0.2, 0) is 9.53 Å². The van der Waals surface area contributed by atoms with Gasteiger partial charge in [0.2, 0.25) is 0 Å². The van der Waals surface area contributed by atoms with Gasteiger partial charge in [-0.1, -0.05) is 30.4 Å². The molecule has 2 aliphatic rings. The molecule has 1 aliphatic heterocycles. The van der Waals surface area contributed by atoms with Gasteiger partial charge in [-0.3, -0.25) is 0 Å². The van der Waals surface area contributed by atoms with Crippen LogP contribution in [-0.4, -0.2) is 35.6 Å². The first-order valence-corrected chi connectivity index (χ1v) is 9.82. The second-order valence-electron chi connectivity index (χ2n) is 6.62.